The molecule has 1 saturated carbocycles. The van der Waals surface area contributed by atoms with Crippen molar-refractivity contribution in [3.63, 3.8) is 0 Å². The van der Waals surface area contributed by atoms with Crippen molar-refractivity contribution in [2.45, 2.75) is 12.3 Å². The lowest BCUT2D eigenvalue weighted by Gasteiger charge is -2.12. The van der Waals surface area contributed by atoms with E-state index in [-0.39, 0.29) is 0 Å². The lowest BCUT2D eigenvalue weighted by molar-refractivity contribution is 0.274. The summed E-state index contributed by atoms with van der Waals surface area (Å²) in [4.78, 5) is 2.10. The summed E-state index contributed by atoms with van der Waals surface area (Å²) in [5.41, 5.74) is 2.60. The smallest absolute Gasteiger partial charge is 0.0465 e. The van der Waals surface area contributed by atoms with Crippen LogP contribution in [0.15, 0.2) is 24.3 Å². The first kappa shape index (κ1) is 9.53. The molecule has 2 atom stereocenters. The standard InChI is InChI=1S/C12H17NO/c1-13(2)11-5-3-9(4-6-11)12-7-10(12)8-14/h3-6,10,12,14H,7-8H2,1-2H3/t10-,12+/m1/s1. The summed E-state index contributed by atoms with van der Waals surface area (Å²) >= 11 is 0. The van der Waals surface area contributed by atoms with Crippen molar-refractivity contribution in [3.05, 3.63) is 29.8 Å². The molecule has 0 amide bonds. The van der Waals surface area contributed by atoms with Gasteiger partial charge in [0.15, 0.2) is 0 Å². The fraction of sp³-hybridized carbons (Fsp3) is 0.500. The van der Waals surface area contributed by atoms with Gasteiger partial charge in [-0.1, -0.05) is 12.1 Å². The molecule has 1 aromatic carbocycles. The lowest BCUT2D eigenvalue weighted by atomic mass is 10.1. The maximum Gasteiger partial charge on any atom is 0.0465 e. The van der Waals surface area contributed by atoms with Crippen LogP contribution in [0.5, 0.6) is 0 Å². The Balaban J connectivity index is 2.08. The molecule has 1 aliphatic carbocycles. The molecule has 1 aliphatic rings. The van der Waals surface area contributed by atoms with Gasteiger partial charge in [0.05, 0.1) is 0 Å². The second-order valence-corrected chi connectivity index (χ2v) is 4.27. The minimum atomic E-state index is 0.333. The van der Waals surface area contributed by atoms with Gasteiger partial charge in [0, 0.05) is 26.4 Å². The summed E-state index contributed by atoms with van der Waals surface area (Å²) in [5.74, 6) is 1.12. The van der Waals surface area contributed by atoms with Gasteiger partial charge in [-0.25, -0.2) is 0 Å². The van der Waals surface area contributed by atoms with E-state index in [1.54, 1.807) is 0 Å². The van der Waals surface area contributed by atoms with Gasteiger partial charge in [0.25, 0.3) is 0 Å². The number of nitrogens with zero attached hydrogens (tertiary/aromatic N) is 1. The van der Waals surface area contributed by atoms with Crippen molar-refractivity contribution in [1.82, 2.24) is 0 Å². The zero-order chi connectivity index (χ0) is 10.1. The summed E-state index contributed by atoms with van der Waals surface area (Å²) in [6.45, 7) is 0.333. The molecular formula is C12H17NO. The van der Waals surface area contributed by atoms with E-state index in [0.717, 1.165) is 6.42 Å². The second-order valence-electron chi connectivity index (χ2n) is 4.27. The molecule has 0 heterocycles. The summed E-state index contributed by atoms with van der Waals surface area (Å²) in [7, 11) is 4.09. The monoisotopic (exact) mass is 191 g/mol. The number of aliphatic hydroxyl groups excluding tert-OH is 1. The summed E-state index contributed by atoms with van der Waals surface area (Å²) in [6, 6.07) is 8.63. The van der Waals surface area contributed by atoms with Gasteiger partial charge in [0.2, 0.25) is 0 Å². The SMILES string of the molecule is CN(C)c1ccc([C@@H]2C[C@@H]2CO)cc1. The van der Waals surface area contributed by atoms with Crippen LogP contribution in [0.2, 0.25) is 0 Å². The highest BCUT2D eigenvalue weighted by atomic mass is 16.3. The molecule has 76 valence electrons. The highest BCUT2D eigenvalue weighted by Crippen LogP contribution is 2.47. The van der Waals surface area contributed by atoms with E-state index >= 15 is 0 Å². The predicted octanol–water partition coefficient (Wildman–Crippen LogP) is 1.85. The van der Waals surface area contributed by atoms with Gasteiger partial charge < -0.3 is 10.0 Å². The van der Waals surface area contributed by atoms with E-state index in [4.69, 9.17) is 5.11 Å². The van der Waals surface area contributed by atoms with E-state index in [9.17, 15) is 0 Å². The third-order valence-corrected chi connectivity index (χ3v) is 2.99. The van der Waals surface area contributed by atoms with Crippen molar-refractivity contribution in [2.75, 3.05) is 25.6 Å². The number of rotatable bonds is 3. The van der Waals surface area contributed by atoms with Crippen LogP contribution in [0.3, 0.4) is 0 Å². The molecule has 1 aromatic rings. The first-order valence-corrected chi connectivity index (χ1v) is 5.10. The Morgan fingerprint density at radius 3 is 2.36 bits per heavy atom. The molecule has 1 N–H and O–H groups in total. The molecule has 1 fully saturated rings. The van der Waals surface area contributed by atoms with Crippen LogP contribution in [0.1, 0.15) is 17.9 Å². The van der Waals surface area contributed by atoms with Crippen LogP contribution < -0.4 is 4.90 Å². The zero-order valence-electron chi connectivity index (χ0n) is 8.77. The highest BCUT2D eigenvalue weighted by Gasteiger charge is 2.37. The molecule has 0 radical (unpaired) electrons. The van der Waals surface area contributed by atoms with Crippen LogP contribution in [-0.4, -0.2) is 25.8 Å². The zero-order valence-corrected chi connectivity index (χ0v) is 8.77. The summed E-state index contributed by atoms with van der Waals surface area (Å²) in [6.07, 6.45) is 1.15. The molecule has 2 nitrogen and oxygen atoms in total. The molecule has 0 unspecified atom stereocenters. The molecule has 0 bridgehead atoms. The van der Waals surface area contributed by atoms with Crippen LogP contribution in [0, 0.1) is 5.92 Å². The van der Waals surface area contributed by atoms with Crippen LogP contribution >= 0.6 is 0 Å². The molecule has 2 rings (SSSR count). The topological polar surface area (TPSA) is 23.5 Å². The van der Waals surface area contributed by atoms with Crippen molar-refractivity contribution in [3.8, 4) is 0 Å². The van der Waals surface area contributed by atoms with E-state index in [0.29, 0.717) is 18.4 Å². The number of aliphatic hydroxyl groups is 1. The quantitative estimate of drug-likeness (QED) is 0.788. The van der Waals surface area contributed by atoms with Gasteiger partial charge >= 0.3 is 0 Å². The van der Waals surface area contributed by atoms with Crippen molar-refractivity contribution in [2.24, 2.45) is 5.92 Å². The average molecular weight is 191 g/mol. The van der Waals surface area contributed by atoms with Crippen LogP contribution in [0.25, 0.3) is 0 Å². The fourth-order valence-electron chi connectivity index (χ4n) is 1.88. The maximum absolute atomic E-state index is 8.97. The summed E-state index contributed by atoms with van der Waals surface area (Å²) < 4.78 is 0. The average Bonchev–Trinajstić information content (AvgIpc) is 2.97. The molecule has 14 heavy (non-hydrogen) atoms. The Hall–Kier alpha value is -1.02. The van der Waals surface area contributed by atoms with Crippen molar-refractivity contribution < 1.29 is 5.11 Å². The Kier molecular flexibility index (Phi) is 2.46. The first-order valence-electron chi connectivity index (χ1n) is 5.10. The first-order chi connectivity index (χ1) is 6.72. The minimum Gasteiger partial charge on any atom is -0.396 e. The van der Waals surface area contributed by atoms with Gasteiger partial charge in [-0.05, 0) is 36.0 Å². The largest absolute Gasteiger partial charge is 0.396 e. The Bertz CT molecular complexity index is 305. The van der Waals surface area contributed by atoms with E-state index in [1.165, 1.54) is 11.3 Å². The second kappa shape index (κ2) is 3.62. The maximum atomic E-state index is 8.97. The third-order valence-electron chi connectivity index (χ3n) is 2.99. The van der Waals surface area contributed by atoms with E-state index in [1.807, 2.05) is 14.1 Å². The molecule has 0 aliphatic heterocycles. The molecule has 0 aromatic heterocycles. The number of anilines is 1. The van der Waals surface area contributed by atoms with Gasteiger partial charge in [-0.15, -0.1) is 0 Å². The number of hydrogen-bond donors (Lipinski definition) is 1. The van der Waals surface area contributed by atoms with Gasteiger partial charge in [-0.3, -0.25) is 0 Å². The summed E-state index contributed by atoms with van der Waals surface area (Å²) in [5, 5.41) is 8.97. The highest BCUT2D eigenvalue weighted by molar-refractivity contribution is 5.47. The number of benzene rings is 1. The lowest BCUT2D eigenvalue weighted by Crippen LogP contribution is -2.08. The van der Waals surface area contributed by atoms with Gasteiger partial charge in [-0.2, -0.15) is 0 Å². The van der Waals surface area contributed by atoms with Crippen molar-refractivity contribution in [1.29, 1.82) is 0 Å². The van der Waals surface area contributed by atoms with Crippen LogP contribution in [0.4, 0.5) is 5.69 Å². The predicted molar refractivity (Wildman–Crippen MR) is 58.7 cm³/mol. The molecule has 2 heteroatoms. The minimum absolute atomic E-state index is 0.333. The molecule has 0 spiro atoms. The third kappa shape index (κ3) is 1.75. The van der Waals surface area contributed by atoms with E-state index < -0.39 is 0 Å². The van der Waals surface area contributed by atoms with Gasteiger partial charge in [0.1, 0.15) is 0 Å². The van der Waals surface area contributed by atoms with Crippen LogP contribution in [-0.2, 0) is 0 Å². The Morgan fingerprint density at radius 1 is 1.29 bits per heavy atom. The Labute approximate surface area is 85.2 Å². The number of hydrogen-bond acceptors (Lipinski definition) is 2. The van der Waals surface area contributed by atoms with E-state index in [2.05, 4.69) is 29.2 Å². The molecule has 0 saturated heterocycles. The van der Waals surface area contributed by atoms with Crippen molar-refractivity contribution >= 4 is 5.69 Å². The Morgan fingerprint density at radius 2 is 1.93 bits per heavy atom. The molecular weight excluding hydrogens is 174 g/mol. The fourth-order valence-corrected chi connectivity index (χ4v) is 1.88. The normalized spacial score (nSPS) is 24.8.